The minimum atomic E-state index is -0.0244. The Morgan fingerprint density at radius 1 is 0.933 bits per heavy atom. The smallest absolute Gasteiger partial charge is 0.203 e. The first kappa shape index (κ1) is 20.2. The van der Waals surface area contributed by atoms with E-state index in [2.05, 4.69) is 10.3 Å². The summed E-state index contributed by atoms with van der Waals surface area (Å²) >= 11 is 1.59. The summed E-state index contributed by atoms with van der Waals surface area (Å²) in [6, 6.07) is 11.4. The first-order valence-electron chi connectivity index (χ1n) is 9.48. The summed E-state index contributed by atoms with van der Waals surface area (Å²) < 4.78 is 21.4. The van der Waals surface area contributed by atoms with Crippen molar-refractivity contribution in [1.29, 1.82) is 0 Å². The normalized spacial score (nSPS) is 15.1. The molecule has 6 nitrogen and oxygen atoms in total. The predicted octanol–water partition coefficient (Wildman–Crippen LogP) is 4.57. The van der Waals surface area contributed by atoms with Crippen LogP contribution < -0.4 is 18.9 Å². The lowest BCUT2D eigenvalue weighted by atomic mass is 10.0. The van der Waals surface area contributed by atoms with Gasteiger partial charge in [-0.25, -0.2) is 0 Å². The van der Waals surface area contributed by atoms with Crippen LogP contribution in [0.1, 0.15) is 22.3 Å². The first-order chi connectivity index (χ1) is 14.6. The monoisotopic (exact) mass is 425 g/mol. The minimum absolute atomic E-state index is 0.0244. The number of thioether (sulfide) groups is 1. The summed E-state index contributed by atoms with van der Waals surface area (Å²) in [5.41, 5.74) is 3.52. The molecule has 0 saturated heterocycles. The summed E-state index contributed by atoms with van der Waals surface area (Å²) in [5, 5.41) is 3.08. The molecule has 156 valence electrons. The molecule has 0 amide bonds. The number of hydrogen-bond acceptors (Lipinski definition) is 7. The van der Waals surface area contributed by atoms with Crippen LogP contribution in [0.2, 0.25) is 0 Å². The molecule has 0 N–H and O–H groups in total. The minimum Gasteiger partial charge on any atom is -0.497 e. The fourth-order valence-corrected chi connectivity index (χ4v) is 4.86. The number of fused-ring (bicyclic) bond motifs is 1. The second-order valence-electron chi connectivity index (χ2n) is 6.78. The van der Waals surface area contributed by atoms with E-state index in [0.717, 1.165) is 34.2 Å². The van der Waals surface area contributed by atoms with Crippen molar-refractivity contribution in [3.05, 3.63) is 63.5 Å². The third kappa shape index (κ3) is 3.39. The SMILES string of the molecule is COc1ccc(C2=CSC3=C(C(=O)c4cc(OC)c(OC)c(OC)c4)CCN23)cc1. The zero-order valence-corrected chi connectivity index (χ0v) is 18.2. The van der Waals surface area contributed by atoms with Crippen molar-refractivity contribution in [3.63, 3.8) is 0 Å². The molecular weight excluding hydrogens is 402 g/mol. The van der Waals surface area contributed by atoms with Crippen molar-refractivity contribution in [3.8, 4) is 23.0 Å². The van der Waals surface area contributed by atoms with Crippen LogP contribution in [0.3, 0.4) is 0 Å². The van der Waals surface area contributed by atoms with E-state index in [0.29, 0.717) is 29.2 Å². The van der Waals surface area contributed by atoms with Crippen LogP contribution in [0.25, 0.3) is 5.70 Å². The molecule has 0 unspecified atom stereocenters. The highest BCUT2D eigenvalue weighted by Crippen LogP contribution is 2.47. The third-order valence-electron chi connectivity index (χ3n) is 5.25. The molecule has 0 aliphatic carbocycles. The van der Waals surface area contributed by atoms with E-state index < -0.39 is 0 Å². The van der Waals surface area contributed by atoms with Crippen LogP contribution in [0.15, 0.2) is 52.4 Å². The van der Waals surface area contributed by atoms with Crippen LogP contribution >= 0.6 is 11.8 Å². The number of Topliss-reactive ketones (excluding diaryl/α,β-unsaturated/α-hetero) is 1. The van der Waals surface area contributed by atoms with Gasteiger partial charge in [0.25, 0.3) is 0 Å². The van der Waals surface area contributed by atoms with Gasteiger partial charge in [0.15, 0.2) is 17.3 Å². The van der Waals surface area contributed by atoms with E-state index in [1.807, 2.05) is 24.3 Å². The lowest BCUT2D eigenvalue weighted by molar-refractivity contribution is 0.103. The van der Waals surface area contributed by atoms with Gasteiger partial charge in [-0.15, -0.1) is 0 Å². The van der Waals surface area contributed by atoms with Crippen molar-refractivity contribution in [2.45, 2.75) is 6.42 Å². The second-order valence-corrected chi connectivity index (χ2v) is 7.64. The summed E-state index contributed by atoms with van der Waals surface area (Å²) in [6.07, 6.45) is 0.686. The Morgan fingerprint density at radius 3 is 2.17 bits per heavy atom. The van der Waals surface area contributed by atoms with Gasteiger partial charge in [0.2, 0.25) is 5.75 Å². The molecule has 2 aliphatic rings. The molecule has 0 spiro atoms. The number of carbonyl (C=O) groups is 1. The number of carbonyl (C=O) groups excluding carboxylic acids is 1. The average molecular weight is 426 g/mol. The van der Waals surface area contributed by atoms with Crippen molar-refractivity contribution >= 4 is 23.2 Å². The van der Waals surface area contributed by atoms with E-state index in [1.165, 1.54) is 0 Å². The van der Waals surface area contributed by atoms with E-state index in [9.17, 15) is 4.79 Å². The second kappa shape index (κ2) is 8.36. The molecule has 0 atom stereocenters. The van der Waals surface area contributed by atoms with Gasteiger partial charge in [-0.05, 0) is 48.4 Å². The van der Waals surface area contributed by atoms with E-state index >= 15 is 0 Å². The zero-order valence-electron chi connectivity index (χ0n) is 17.4. The Balaban J connectivity index is 1.64. The number of ether oxygens (including phenoxy) is 4. The highest BCUT2D eigenvalue weighted by Gasteiger charge is 2.34. The number of hydrogen-bond donors (Lipinski definition) is 0. The van der Waals surface area contributed by atoms with E-state index in [1.54, 1.807) is 52.3 Å². The van der Waals surface area contributed by atoms with Crippen molar-refractivity contribution < 1.29 is 23.7 Å². The van der Waals surface area contributed by atoms with Gasteiger partial charge in [0.05, 0.1) is 39.2 Å². The highest BCUT2D eigenvalue weighted by atomic mass is 32.2. The van der Waals surface area contributed by atoms with Crippen LogP contribution in [0.5, 0.6) is 23.0 Å². The Labute approximate surface area is 180 Å². The fourth-order valence-electron chi connectivity index (χ4n) is 3.72. The van der Waals surface area contributed by atoms with Gasteiger partial charge in [0.1, 0.15) is 5.75 Å². The van der Waals surface area contributed by atoms with E-state index in [4.69, 9.17) is 18.9 Å². The quantitative estimate of drug-likeness (QED) is 0.603. The molecule has 30 heavy (non-hydrogen) atoms. The molecule has 0 radical (unpaired) electrons. The standard InChI is InChI=1S/C23H23NO5S/c1-26-16-7-5-14(6-8-16)18-13-30-23-17(9-10-24(18)23)21(25)15-11-19(27-2)22(29-4)20(12-15)28-3/h5-8,11-13H,9-10H2,1-4H3. The maximum Gasteiger partial charge on any atom is 0.203 e. The summed E-state index contributed by atoms with van der Waals surface area (Å²) in [4.78, 5) is 15.6. The maximum atomic E-state index is 13.4. The van der Waals surface area contributed by atoms with Crippen LogP contribution in [-0.2, 0) is 0 Å². The number of nitrogens with zero attached hydrogens (tertiary/aromatic N) is 1. The Hall–Kier alpha value is -3.06. The molecule has 0 bridgehead atoms. The van der Waals surface area contributed by atoms with Crippen molar-refractivity contribution in [1.82, 2.24) is 4.90 Å². The van der Waals surface area contributed by atoms with E-state index in [-0.39, 0.29) is 5.78 Å². The van der Waals surface area contributed by atoms with Crippen LogP contribution in [0.4, 0.5) is 0 Å². The highest BCUT2D eigenvalue weighted by molar-refractivity contribution is 8.06. The molecule has 2 heterocycles. The number of benzene rings is 2. The lowest BCUT2D eigenvalue weighted by Crippen LogP contribution is -2.12. The van der Waals surface area contributed by atoms with Gasteiger partial charge >= 0.3 is 0 Å². The zero-order chi connectivity index (χ0) is 21.3. The largest absolute Gasteiger partial charge is 0.497 e. The molecule has 2 aliphatic heterocycles. The van der Waals surface area contributed by atoms with Crippen LogP contribution in [0, 0.1) is 0 Å². The Kier molecular flexibility index (Phi) is 5.63. The molecule has 0 aromatic heterocycles. The topological polar surface area (TPSA) is 57.2 Å². The number of methoxy groups -OCH3 is 4. The van der Waals surface area contributed by atoms with Gasteiger partial charge in [-0.3, -0.25) is 4.79 Å². The molecule has 2 aromatic carbocycles. The Morgan fingerprint density at radius 2 is 1.60 bits per heavy atom. The third-order valence-corrected chi connectivity index (χ3v) is 6.28. The van der Waals surface area contributed by atoms with Crippen molar-refractivity contribution in [2.75, 3.05) is 35.0 Å². The number of rotatable bonds is 7. The van der Waals surface area contributed by atoms with Gasteiger partial charge in [-0.2, -0.15) is 0 Å². The Bertz CT molecular complexity index is 1020. The fraction of sp³-hybridized carbons (Fsp3) is 0.261. The summed E-state index contributed by atoms with van der Waals surface area (Å²) in [5.74, 6) is 2.21. The molecule has 4 rings (SSSR count). The lowest BCUT2D eigenvalue weighted by Gasteiger charge is -2.18. The predicted molar refractivity (Wildman–Crippen MR) is 117 cm³/mol. The molecule has 7 heteroatoms. The number of ketones is 1. The first-order valence-corrected chi connectivity index (χ1v) is 10.4. The van der Waals surface area contributed by atoms with Gasteiger partial charge in [0, 0.05) is 23.1 Å². The maximum absolute atomic E-state index is 13.4. The van der Waals surface area contributed by atoms with Crippen molar-refractivity contribution in [2.24, 2.45) is 0 Å². The average Bonchev–Trinajstić information content (AvgIpc) is 3.40. The summed E-state index contributed by atoms with van der Waals surface area (Å²) in [6.45, 7) is 0.770. The molecule has 0 fully saturated rings. The summed E-state index contributed by atoms with van der Waals surface area (Å²) in [7, 11) is 6.29. The molecule has 0 saturated carbocycles. The molecular formula is C23H23NO5S. The van der Waals surface area contributed by atoms with Crippen LogP contribution in [-0.4, -0.2) is 45.7 Å². The van der Waals surface area contributed by atoms with Gasteiger partial charge in [-0.1, -0.05) is 11.8 Å². The molecule has 2 aromatic rings. The van der Waals surface area contributed by atoms with Gasteiger partial charge < -0.3 is 23.8 Å².